The average Bonchev–Trinajstić information content (AvgIpc) is 2.81. The normalized spacial score (nSPS) is 33.7. The fourth-order valence-corrected chi connectivity index (χ4v) is 4.70. The summed E-state index contributed by atoms with van der Waals surface area (Å²) in [6.45, 7) is 1.83. The van der Waals surface area contributed by atoms with Crippen molar-refractivity contribution in [3.8, 4) is 0 Å². The first kappa shape index (κ1) is 14.2. The predicted octanol–water partition coefficient (Wildman–Crippen LogP) is 0.460. The number of rotatable bonds is 5. The van der Waals surface area contributed by atoms with E-state index in [2.05, 4.69) is 4.72 Å². The van der Waals surface area contributed by atoms with Crippen LogP contribution in [0.3, 0.4) is 0 Å². The number of hydrogen-bond donors (Lipinski definition) is 2. The van der Waals surface area contributed by atoms with Gasteiger partial charge in [-0.25, -0.2) is 13.1 Å². The fraction of sp³-hybridized carbons (Fsp3) is 1.00. The van der Waals surface area contributed by atoms with E-state index in [0.29, 0.717) is 25.7 Å². The monoisotopic (exact) mass is 276 g/mol. The van der Waals surface area contributed by atoms with Crippen LogP contribution in [0.5, 0.6) is 0 Å². The summed E-state index contributed by atoms with van der Waals surface area (Å²) < 4.78 is 32.3. The van der Waals surface area contributed by atoms with Gasteiger partial charge in [-0.05, 0) is 37.6 Å². The van der Waals surface area contributed by atoms with Crippen molar-refractivity contribution in [3.05, 3.63) is 0 Å². The van der Waals surface area contributed by atoms with Crippen LogP contribution in [0.15, 0.2) is 0 Å². The Morgan fingerprint density at radius 3 is 2.67 bits per heavy atom. The van der Waals surface area contributed by atoms with E-state index in [0.717, 1.165) is 32.1 Å². The summed E-state index contributed by atoms with van der Waals surface area (Å²) in [5.74, 6) is 0.650. The van der Waals surface area contributed by atoms with E-state index >= 15 is 0 Å². The van der Waals surface area contributed by atoms with E-state index in [4.69, 9.17) is 10.5 Å². The Bertz CT molecular complexity index is 352. The Morgan fingerprint density at radius 1 is 1.22 bits per heavy atom. The molecule has 0 amide bonds. The van der Waals surface area contributed by atoms with Crippen molar-refractivity contribution in [2.75, 3.05) is 25.5 Å². The zero-order valence-electron chi connectivity index (χ0n) is 10.8. The Hall–Kier alpha value is -0.170. The molecule has 0 spiro atoms. The molecule has 2 rings (SSSR count). The Balaban J connectivity index is 1.89. The molecule has 18 heavy (non-hydrogen) atoms. The number of hydrogen-bond acceptors (Lipinski definition) is 4. The summed E-state index contributed by atoms with van der Waals surface area (Å²) in [6.07, 6.45) is 5.07. The molecule has 6 heteroatoms. The van der Waals surface area contributed by atoms with Crippen LogP contribution in [0.4, 0.5) is 0 Å². The van der Waals surface area contributed by atoms with Gasteiger partial charge in [-0.3, -0.25) is 0 Å². The highest BCUT2D eigenvalue weighted by Gasteiger charge is 2.30. The molecule has 2 aliphatic rings. The SMILES string of the molecule is NCC1CCCCC1NS(=O)(=O)CC1CCOC1. The van der Waals surface area contributed by atoms with Crippen LogP contribution in [0.1, 0.15) is 32.1 Å². The molecule has 1 heterocycles. The van der Waals surface area contributed by atoms with Gasteiger partial charge in [-0.2, -0.15) is 0 Å². The minimum absolute atomic E-state index is 0.0380. The van der Waals surface area contributed by atoms with Crippen LogP contribution < -0.4 is 10.5 Å². The lowest BCUT2D eigenvalue weighted by Gasteiger charge is -2.31. The third kappa shape index (κ3) is 3.91. The zero-order chi connectivity index (χ0) is 13.0. The first-order valence-electron chi connectivity index (χ1n) is 6.88. The van der Waals surface area contributed by atoms with Gasteiger partial charge in [0.05, 0.1) is 12.4 Å². The average molecular weight is 276 g/mol. The Kier molecular flexibility index (Phi) is 5.00. The second kappa shape index (κ2) is 6.32. The molecular formula is C12H24N2O3S. The molecular weight excluding hydrogens is 252 g/mol. The van der Waals surface area contributed by atoms with Gasteiger partial charge in [-0.15, -0.1) is 0 Å². The van der Waals surface area contributed by atoms with Crippen LogP contribution in [-0.2, 0) is 14.8 Å². The molecule has 1 aliphatic heterocycles. The van der Waals surface area contributed by atoms with Gasteiger partial charge >= 0.3 is 0 Å². The molecule has 1 saturated carbocycles. The van der Waals surface area contributed by atoms with E-state index in [1.807, 2.05) is 0 Å². The molecule has 3 unspecified atom stereocenters. The van der Waals surface area contributed by atoms with E-state index in [-0.39, 0.29) is 17.7 Å². The lowest BCUT2D eigenvalue weighted by molar-refractivity contribution is 0.188. The molecule has 0 aromatic carbocycles. The first-order valence-corrected chi connectivity index (χ1v) is 8.54. The lowest BCUT2D eigenvalue weighted by atomic mass is 9.85. The van der Waals surface area contributed by atoms with Crippen molar-refractivity contribution in [2.45, 2.75) is 38.1 Å². The van der Waals surface area contributed by atoms with Gasteiger partial charge in [0, 0.05) is 12.6 Å². The van der Waals surface area contributed by atoms with Crippen LogP contribution in [-0.4, -0.2) is 40.0 Å². The third-order valence-electron chi connectivity index (χ3n) is 4.02. The quantitative estimate of drug-likeness (QED) is 0.764. The van der Waals surface area contributed by atoms with Gasteiger partial charge in [0.25, 0.3) is 0 Å². The summed E-state index contributed by atoms with van der Waals surface area (Å²) in [7, 11) is -3.19. The highest BCUT2D eigenvalue weighted by molar-refractivity contribution is 7.89. The summed E-state index contributed by atoms with van der Waals surface area (Å²) >= 11 is 0. The molecule has 1 saturated heterocycles. The fourth-order valence-electron chi connectivity index (χ4n) is 2.95. The molecule has 0 aromatic rings. The summed E-state index contributed by atoms with van der Waals surface area (Å²) in [5, 5.41) is 0. The minimum Gasteiger partial charge on any atom is -0.381 e. The molecule has 5 nitrogen and oxygen atoms in total. The maximum Gasteiger partial charge on any atom is 0.212 e. The lowest BCUT2D eigenvalue weighted by Crippen LogP contribution is -2.46. The Morgan fingerprint density at radius 2 is 2.00 bits per heavy atom. The van der Waals surface area contributed by atoms with E-state index < -0.39 is 10.0 Å². The zero-order valence-corrected chi connectivity index (χ0v) is 11.6. The van der Waals surface area contributed by atoms with E-state index in [9.17, 15) is 8.42 Å². The van der Waals surface area contributed by atoms with Crippen molar-refractivity contribution >= 4 is 10.0 Å². The van der Waals surface area contributed by atoms with E-state index in [1.165, 1.54) is 0 Å². The third-order valence-corrected chi connectivity index (χ3v) is 5.59. The number of ether oxygens (including phenoxy) is 1. The molecule has 1 aliphatic carbocycles. The highest BCUT2D eigenvalue weighted by atomic mass is 32.2. The number of nitrogens with two attached hydrogens (primary N) is 1. The molecule has 2 fully saturated rings. The summed E-state index contributed by atoms with van der Waals surface area (Å²) in [5.41, 5.74) is 5.72. The maximum atomic E-state index is 12.1. The molecule has 0 aromatic heterocycles. The molecule has 3 atom stereocenters. The second-order valence-electron chi connectivity index (χ2n) is 5.52. The van der Waals surface area contributed by atoms with Crippen molar-refractivity contribution in [2.24, 2.45) is 17.6 Å². The first-order chi connectivity index (χ1) is 8.61. The van der Waals surface area contributed by atoms with Gasteiger partial charge < -0.3 is 10.5 Å². The highest BCUT2D eigenvalue weighted by Crippen LogP contribution is 2.24. The van der Waals surface area contributed by atoms with Crippen LogP contribution in [0, 0.1) is 11.8 Å². The Labute approximate surface area is 110 Å². The van der Waals surface area contributed by atoms with E-state index in [1.54, 1.807) is 0 Å². The molecule has 0 bridgehead atoms. The minimum atomic E-state index is -3.19. The molecule has 0 radical (unpaired) electrons. The van der Waals surface area contributed by atoms with Gasteiger partial charge in [0.1, 0.15) is 0 Å². The topological polar surface area (TPSA) is 81.4 Å². The van der Waals surface area contributed by atoms with Crippen molar-refractivity contribution in [3.63, 3.8) is 0 Å². The summed E-state index contributed by atoms with van der Waals surface area (Å²) in [4.78, 5) is 0. The molecule has 3 N–H and O–H groups in total. The number of sulfonamides is 1. The smallest absolute Gasteiger partial charge is 0.212 e. The standard InChI is InChI=1S/C12H24N2O3S/c13-7-11-3-1-2-4-12(11)14-18(15,16)9-10-5-6-17-8-10/h10-12,14H,1-9,13H2. The number of nitrogens with one attached hydrogen (secondary N) is 1. The predicted molar refractivity (Wildman–Crippen MR) is 70.6 cm³/mol. The second-order valence-corrected chi connectivity index (χ2v) is 7.31. The van der Waals surface area contributed by atoms with Crippen LogP contribution in [0.2, 0.25) is 0 Å². The van der Waals surface area contributed by atoms with Gasteiger partial charge in [0.15, 0.2) is 0 Å². The largest absolute Gasteiger partial charge is 0.381 e. The van der Waals surface area contributed by atoms with Crippen molar-refractivity contribution < 1.29 is 13.2 Å². The van der Waals surface area contributed by atoms with Crippen LogP contribution in [0.25, 0.3) is 0 Å². The van der Waals surface area contributed by atoms with Gasteiger partial charge in [0.2, 0.25) is 10.0 Å². The summed E-state index contributed by atoms with van der Waals surface area (Å²) in [6, 6.07) is 0.0380. The van der Waals surface area contributed by atoms with Crippen LogP contribution >= 0.6 is 0 Å². The van der Waals surface area contributed by atoms with Gasteiger partial charge in [-0.1, -0.05) is 12.8 Å². The van der Waals surface area contributed by atoms with Crippen molar-refractivity contribution in [1.82, 2.24) is 4.72 Å². The maximum absolute atomic E-state index is 12.1. The van der Waals surface area contributed by atoms with Crippen molar-refractivity contribution in [1.29, 1.82) is 0 Å². The molecule has 106 valence electrons.